The second kappa shape index (κ2) is 4.52. The van der Waals surface area contributed by atoms with Gasteiger partial charge in [0, 0.05) is 23.0 Å². The van der Waals surface area contributed by atoms with E-state index in [0.717, 1.165) is 18.7 Å². The molecule has 2 aromatic rings. The zero-order valence-electron chi connectivity index (χ0n) is 8.09. The molecule has 14 heavy (non-hydrogen) atoms. The molecule has 0 saturated heterocycles. The normalized spacial score (nSPS) is 10.9. The van der Waals surface area contributed by atoms with Crippen LogP contribution in [0.1, 0.15) is 18.4 Å². The summed E-state index contributed by atoms with van der Waals surface area (Å²) in [6.07, 6.45) is 5.50. The molecule has 1 heterocycles. The van der Waals surface area contributed by atoms with Gasteiger partial charge < -0.3 is 4.98 Å². The van der Waals surface area contributed by atoms with Crippen LogP contribution in [0.15, 0.2) is 30.5 Å². The molecule has 0 atom stereocenters. The van der Waals surface area contributed by atoms with Crippen LogP contribution in [0.5, 0.6) is 0 Å². The van der Waals surface area contributed by atoms with E-state index in [1.165, 1.54) is 22.9 Å². The highest BCUT2D eigenvalue weighted by molar-refractivity contribution is 6.17. The molecule has 0 unspecified atom stereocenters. The molecule has 2 heteroatoms. The van der Waals surface area contributed by atoms with Gasteiger partial charge in [-0.05, 0) is 30.9 Å². The van der Waals surface area contributed by atoms with Crippen molar-refractivity contribution < 1.29 is 0 Å². The number of aryl methyl sites for hydroxylation is 1. The fraction of sp³-hybridized carbons (Fsp3) is 0.333. The maximum atomic E-state index is 5.65. The van der Waals surface area contributed by atoms with Crippen LogP contribution in [0.4, 0.5) is 0 Å². The smallest absolute Gasteiger partial charge is 0.0456 e. The summed E-state index contributed by atoms with van der Waals surface area (Å²) >= 11 is 5.65. The van der Waals surface area contributed by atoms with Crippen LogP contribution in [0, 0.1) is 0 Å². The molecule has 0 radical (unpaired) electrons. The quantitative estimate of drug-likeness (QED) is 0.581. The van der Waals surface area contributed by atoms with E-state index in [4.69, 9.17) is 11.6 Å². The van der Waals surface area contributed by atoms with Crippen LogP contribution in [0.25, 0.3) is 10.9 Å². The number of unbranched alkanes of at least 4 members (excludes halogenated alkanes) is 1. The zero-order valence-corrected chi connectivity index (χ0v) is 8.85. The van der Waals surface area contributed by atoms with Crippen molar-refractivity contribution in [2.45, 2.75) is 19.3 Å². The molecule has 74 valence electrons. The van der Waals surface area contributed by atoms with Gasteiger partial charge in [-0.2, -0.15) is 0 Å². The highest BCUT2D eigenvalue weighted by Gasteiger charge is 2.01. The van der Waals surface area contributed by atoms with E-state index in [9.17, 15) is 0 Å². The molecule has 0 amide bonds. The van der Waals surface area contributed by atoms with E-state index in [-0.39, 0.29) is 0 Å². The lowest BCUT2D eigenvalue weighted by molar-refractivity contribution is 0.803. The number of nitrogens with one attached hydrogen (secondary N) is 1. The van der Waals surface area contributed by atoms with E-state index in [1.54, 1.807) is 0 Å². The van der Waals surface area contributed by atoms with Crippen LogP contribution in [-0.4, -0.2) is 10.9 Å². The summed E-state index contributed by atoms with van der Waals surface area (Å²) in [5, 5.41) is 1.35. The van der Waals surface area contributed by atoms with Crippen LogP contribution >= 0.6 is 11.6 Å². The van der Waals surface area contributed by atoms with Crippen molar-refractivity contribution in [3.63, 3.8) is 0 Å². The topological polar surface area (TPSA) is 15.8 Å². The number of aromatic amines is 1. The molecular weight excluding hydrogens is 194 g/mol. The predicted octanol–water partition coefficient (Wildman–Crippen LogP) is 3.73. The van der Waals surface area contributed by atoms with Crippen LogP contribution in [0.3, 0.4) is 0 Å². The molecule has 1 nitrogen and oxygen atoms in total. The zero-order chi connectivity index (χ0) is 9.80. The van der Waals surface area contributed by atoms with Crippen molar-refractivity contribution in [2.75, 3.05) is 5.88 Å². The number of benzene rings is 1. The molecule has 1 N–H and O–H groups in total. The molecule has 0 aliphatic heterocycles. The Morgan fingerprint density at radius 3 is 2.86 bits per heavy atom. The van der Waals surface area contributed by atoms with E-state index in [2.05, 4.69) is 35.4 Å². The summed E-state index contributed by atoms with van der Waals surface area (Å²) < 4.78 is 0. The lowest BCUT2D eigenvalue weighted by Gasteiger charge is -1.97. The second-order valence-electron chi connectivity index (χ2n) is 3.51. The molecule has 0 spiro atoms. The molecule has 0 aliphatic carbocycles. The fourth-order valence-corrected chi connectivity index (χ4v) is 1.94. The lowest BCUT2D eigenvalue weighted by Crippen LogP contribution is -1.84. The number of hydrogen-bond acceptors (Lipinski definition) is 0. The molecule has 0 fully saturated rings. The van der Waals surface area contributed by atoms with Gasteiger partial charge in [0.2, 0.25) is 0 Å². The lowest BCUT2D eigenvalue weighted by atomic mass is 10.1. The van der Waals surface area contributed by atoms with E-state index in [0.29, 0.717) is 0 Å². The first kappa shape index (κ1) is 9.60. The standard InChI is InChI=1S/C12H14ClN/c13-8-4-3-5-10-9-14-12-7-2-1-6-11(10)12/h1-2,6-7,9,14H,3-5,8H2. The second-order valence-corrected chi connectivity index (χ2v) is 3.88. The average molecular weight is 208 g/mol. The van der Waals surface area contributed by atoms with Gasteiger partial charge in [0.1, 0.15) is 0 Å². The fourth-order valence-electron chi connectivity index (χ4n) is 1.75. The van der Waals surface area contributed by atoms with Crippen molar-refractivity contribution in [1.82, 2.24) is 4.98 Å². The van der Waals surface area contributed by atoms with Crippen molar-refractivity contribution in [3.05, 3.63) is 36.0 Å². The first-order valence-electron chi connectivity index (χ1n) is 5.03. The van der Waals surface area contributed by atoms with E-state index >= 15 is 0 Å². The number of fused-ring (bicyclic) bond motifs is 1. The minimum Gasteiger partial charge on any atom is -0.361 e. The predicted molar refractivity (Wildman–Crippen MR) is 62.0 cm³/mol. The molecule has 0 saturated carbocycles. The average Bonchev–Trinajstić information content (AvgIpc) is 2.63. The molecule has 1 aromatic heterocycles. The summed E-state index contributed by atoms with van der Waals surface area (Å²) in [6, 6.07) is 8.42. The Bertz CT molecular complexity index is 405. The first-order chi connectivity index (χ1) is 6.92. The Hall–Kier alpha value is -0.950. The number of aromatic nitrogens is 1. The maximum absolute atomic E-state index is 5.65. The minimum atomic E-state index is 0.766. The van der Waals surface area contributed by atoms with Gasteiger partial charge in [-0.1, -0.05) is 18.2 Å². The Balaban J connectivity index is 2.17. The van der Waals surface area contributed by atoms with Crippen molar-refractivity contribution in [1.29, 1.82) is 0 Å². The largest absolute Gasteiger partial charge is 0.361 e. The summed E-state index contributed by atoms with van der Waals surface area (Å²) in [5.74, 6) is 0.766. The Labute approximate surface area is 89.1 Å². The number of para-hydroxylation sites is 1. The maximum Gasteiger partial charge on any atom is 0.0456 e. The van der Waals surface area contributed by atoms with Crippen LogP contribution in [-0.2, 0) is 6.42 Å². The minimum absolute atomic E-state index is 0.766. The number of H-pyrrole nitrogens is 1. The van der Waals surface area contributed by atoms with Gasteiger partial charge in [-0.15, -0.1) is 11.6 Å². The van der Waals surface area contributed by atoms with Crippen molar-refractivity contribution in [3.8, 4) is 0 Å². The van der Waals surface area contributed by atoms with Crippen LogP contribution in [0.2, 0.25) is 0 Å². The third kappa shape index (κ3) is 1.93. The van der Waals surface area contributed by atoms with Gasteiger partial charge in [0.25, 0.3) is 0 Å². The number of rotatable bonds is 4. The first-order valence-corrected chi connectivity index (χ1v) is 5.56. The molecule has 0 bridgehead atoms. The third-order valence-electron chi connectivity index (χ3n) is 2.50. The molecular formula is C12H14ClN. The Kier molecular flexibility index (Phi) is 3.10. The molecule has 1 aromatic carbocycles. The Morgan fingerprint density at radius 2 is 2.00 bits per heavy atom. The van der Waals surface area contributed by atoms with Gasteiger partial charge in [-0.3, -0.25) is 0 Å². The van der Waals surface area contributed by atoms with Gasteiger partial charge in [-0.25, -0.2) is 0 Å². The van der Waals surface area contributed by atoms with Gasteiger partial charge in [0.05, 0.1) is 0 Å². The van der Waals surface area contributed by atoms with Crippen molar-refractivity contribution >= 4 is 22.5 Å². The number of halogens is 1. The summed E-state index contributed by atoms with van der Waals surface area (Å²) in [5.41, 5.74) is 2.64. The molecule has 2 rings (SSSR count). The van der Waals surface area contributed by atoms with Gasteiger partial charge in [0.15, 0.2) is 0 Å². The monoisotopic (exact) mass is 207 g/mol. The van der Waals surface area contributed by atoms with Gasteiger partial charge >= 0.3 is 0 Å². The van der Waals surface area contributed by atoms with Crippen molar-refractivity contribution in [2.24, 2.45) is 0 Å². The molecule has 0 aliphatic rings. The highest BCUT2D eigenvalue weighted by atomic mass is 35.5. The van der Waals surface area contributed by atoms with E-state index < -0.39 is 0 Å². The number of alkyl halides is 1. The summed E-state index contributed by atoms with van der Waals surface area (Å²) in [4.78, 5) is 3.28. The third-order valence-corrected chi connectivity index (χ3v) is 2.77. The van der Waals surface area contributed by atoms with Crippen LogP contribution < -0.4 is 0 Å². The Morgan fingerprint density at radius 1 is 1.14 bits per heavy atom. The summed E-state index contributed by atoms with van der Waals surface area (Å²) in [6.45, 7) is 0. The SMILES string of the molecule is ClCCCCc1c[nH]c2ccccc12. The number of hydrogen-bond donors (Lipinski definition) is 1. The summed E-state index contributed by atoms with van der Waals surface area (Å²) in [7, 11) is 0. The highest BCUT2D eigenvalue weighted by Crippen LogP contribution is 2.19. The van der Waals surface area contributed by atoms with E-state index in [1.807, 2.05) is 0 Å².